The topological polar surface area (TPSA) is 34.1 Å². The zero-order valence-electron chi connectivity index (χ0n) is 15.7. The van der Waals surface area contributed by atoms with E-state index in [1.807, 2.05) is 54.6 Å². The standard InChI is InChI=1S/C23H18BrClN2O2/c1-28-18-9-4-15(5-10-18)23-27-21(19-12-17(25)8-11-22(19)29-23)13-20(26-27)14-2-6-16(24)7-3-14/h2-12,21,23H,13H2,1H3/t21-,23-/m1/s1. The Bertz CT molecular complexity index is 1080. The first kappa shape index (κ1) is 18.5. The maximum atomic E-state index is 6.38. The molecule has 146 valence electrons. The van der Waals surface area contributed by atoms with Gasteiger partial charge in [-0.15, -0.1) is 0 Å². The molecule has 0 aromatic heterocycles. The average Bonchev–Trinajstić information content (AvgIpc) is 3.20. The average molecular weight is 470 g/mol. The van der Waals surface area contributed by atoms with Gasteiger partial charge in [-0.1, -0.05) is 39.7 Å². The lowest BCUT2D eigenvalue weighted by Crippen LogP contribution is -2.33. The lowest BCUT2D eigenvalue weighted by molar-refractivity contribution is -0.0190. The summed E-state index contributed by atoms with van der Waals surface area (Å²) in [7, 11) is 1.66. The molecule has 0 amide bonds. The number of nitrogens with zero attached hydrogens (tertiary/aromatic N) is 2. The molecule has 2 heterocycles. The first-order chi connectivity index (χ1) is 14.1. The molecular formula is C23H18BrClN2O2. The van der Waals surface area contributed by atoms with Crippen LogP contribution in [0.4, 0.5) is 0 Å². The normalized spacial score (nSPS) is 19.8. The van der Waals surface area contributed by atoms with Crippen LogP contribution in [0.25, 0.3) is 0 Å². The summed E-state index contributed by atoms with van der Waals surface area (Å²) in [5.41, 5.74) is 4.24. The van der Waals surface area contributed by atoms with Crippen LogP contribution in [0.15, 0.2) is 76.3 Å². The molecule has 6 heteroatoms. The highest BCUT2D eigenvalue weighted by molar-refractivity contribution is 9.10. The zero-order valence-corrected chi connectivity index (χ0v) is 18.0. The fraction of sp³-hybridized carbons (Fsp3) is 0.174. The molecule has 0 bridgehead atoms. The van der Waals surface area contributed by atoms with Crippen LogP contribution in [0.3, 0.4) is 0 Å². The van der Waals surface area contributed by atoms with E-state index in [9.17, 15) is 0 Å². The van der Waals surface area contributed by atoms with Crippen LogP contribution in [-0.2, 0) is 0 Å². The van der Waals surface area contributed by atoms with Crippen LogP contribution in [-0.4, -0.2) is 17.8 Å². The summed E-state index contributed by atoms with van der Waals surface area (Å²) in [6, 6.07) is 22.1. The minimum Gasteiger partial charge on any atom is -0.497 e. The number of rotatable bonds is 3. The highest BCUT2D eigenvalue weighted by Crippen LogP contribution is 2.48. The molecule has 2 aliphatic rings. The van der Waals surface area contributed by atoms with E-state index in [0.717, 1.165) is 44.8 Å². The second-order valence-corrected chi connectivity index (χ2v) is 8.43. The third-order valence-corrected chi connectivity index (χ3v) is 6.09. The summed E-state index contributed by atoms with van der Waals surface area (Å²) < 4.78 is 12.7. The second-order valence-electron chi connectivity index (χ2n) is 7.08. The van der Waals surface area contributed by atoms with Gasteiger partial charge in [-0.2, -0.15) is 5.10 Å². The Balaban J connectivity index is 1.58. The Morgan fingerprint density at radius 2 is 1.83 bits per heavy atom. The van der Waals surface area contributed by atoms with Crippen molar-refractivity contribution in [1.82, 2.24) is 5.01 Å². The molecule has 0 aliphatic carbocycles. The van der Waals surface area contributed by atoms with Crippen LogP contribution < -0.4 is 9.47 Å². The monoisotopic (exact) mass is 468 g/mol. The van der Waals surface area contributed by atoms with Crippen LogP contribution in [0.1, 0.15) is 35.4 Å². The molecule has 5 rings (SSSR count). The van der Waals surface area contributed by atoms with Crippen molar-refractivity contribution in [3.63, 3.8) is 0 Å². The largest absolute Gasteiger partial charge is 0.497 e. The number of benzene rings is 3. The van der Waals surface area contributed by atoms with Gasteiger partial charge in [0, 0.05) is 27.0 Å². The van der Waals surface area contributed by atoms with E-state index in [1.165, 1.54) is 0 Å². The predicted octanol–water partition coefficient (Wildman–Crippen LogP) is 6.35. The maximum Gasteiger partial charge on any atom is 0.213 e. The number of hydrogen-bond acceptors (Lipinski definition) is 4. The Morgan fingerprint density at radius 1 is 1.07 bits per heavy atom. The van der Waals surface area contributed by atoms with Gasteiger partial charge in [0.1, 0.15) is 11.5 Å². The lowest BCUT2D eigenvalue weighted by Gasteiger charge is -2.38. The van der Waals surface area contributed by atoms with Crippen molar-refractivity contribution >= 4 is 33.2 Å². The summed E-state index contributed by atoms with van der Waals surface area (Å²) in [4.78, 5) is 0. The minimum absolute atomic E-state index is 0.0724. The lowest BCUT2D eigenvalue weighted by atomic mass is 9.96. The minimum atomic E-state index is -0.312. The number of methoxy groups -OCH3 is 1. The van der Waals surface area contributed by atoms with E-state index < -0.39 is 0 Å². The van der Waals surface area contributed by atoms with Crippen molar-refractivity contribution in [3.05, 3.63) is 92.9 Å². The summed E-state index contributed by atoms with van der Waals surface area (Å²) >= 11 is 9.80. The van der Waals surface area contributed by atoms with Gasteiger partial charge in [-0.3, -0.25) is 0 Å². The first-order valence-corrected chi connectivity index (χ1v) is 10.5. The van der Waals surface area contributed by atoms with Crippen LogP contribution in [0.5, 0.6) is 11.5 Å². The van der Waals surface area contributed by atoms with Gasteiger partial charge in [-0.05, 0) is 60.2 Å². The van der Waals surface area contributed by atoms with Gasteiger partial charge in [0.2, 0.25) is 6.23 Å². The molecule has 0 spiro atoms. The molecule has 29 heavy (non-hydrogen) atoms. The van der Waals surface area contributed by atoms with Crippen molar-refractivity contribution in [2.75, 3.05) is 7.11 Å². The van der Waals surface area contributed by atoms with E-state index in [1.54, 1.807) is 7.11 Å². The van der Waals surface area contributed by atoms with Crippen LogP contribution in [0, 0.1) is 0 Å². The molecule has 0 fully saturated rings. The molecule has 4 nitrogen and oxygen atoms in total. The van der Waals surface area contributed by atoms with Gasteiger partial charge in [0.15, 0.2) is 0 Å². The van der Waals surface area contributed by atoms with Crippen molar-refractivity contribution in [3.8, 4) is 11.5 Å². The Hall–Kier alpha value is -2.50. The highest BCUT2D eigenvalue weighted by atomic mass is 79.9. The van der Waals surface area contributed by atoms with E-state index >= 15 is 0 Å². The number of fused-ring (bicyclic) bond motifs is 3. The Kier molecular flexibility index (Phi) is 4.72. The van der Waals surface area contributed by atoms with Crippen molar-refractivity contribution in [2.45, 2.75) is 18.7 Å². The van der Waals surface area contributed by atoms with Crippen LogP contribution in [0.2, 0.25) is 5.02 Å². The van der Waals surface area contributed by atoms with Crippen LogP contribution >= 0.6 is 27.5 Å². The van der Waals surface area contributed by atoms with Gasteiger partial charge in [0.25, 0.3) is 0 Å². The van der Waals surface area contributed by atoms with E-state index in [-0.39, 0.29) is 12.3 Å². The Morgan fingerprint density at radius 3 is 2.55 bits per heavy atom. The SMILES string of the molecule is COc1ccc([C@H]2Oc3ccc(Cl)cc3[C@H]3CC(c4ccc(Br)cc4)=NN32)cc1. The predicted molar refractivity (Wildman–Crippen MR) is 118 cm³/mol. The first-order valence-electron chi connectivity index (χ1n) is 9.34. The quantitative estimate of drug-likeness (QED) is 0.448. The van der Waals surface area contributed by atoms with Crippen molar-refractivity contribution in [1.29, 1.82) is 0 Å². The highest BCUT2D eigenvalue weighted by Gasteiger charge is 2.41. The molecule has 0 radical (unpaired) electrons. The third-order valence-electron chi connectivity index (χ3n) is 5.33. The van der Waals surface area contributed by atoms with E-state index in [2.05, 4.69) is 33.1 Å². The van der Waals surface area contributed by atoms with Gasteiger partial charge < -0.3 is 9.47 Å². The maximum absolute atomic E-state index is 6.38. The summed E-state index contributed by atoms with van der Waals surface area (Å²) in [6.45, 7) is 0. The van der Waals surface area contributed by atoms with Gasteiger partial charge >= 0.3 is 0 Å². The van der Waals surface area contributed by atoms with Crippen molar-refractivity contribution < 1.29 is 9.47 Å². The molecule has 0 N–H and O–H groups in total. The van der Waals surface area contributed by atoms with E-state index in [4.69, 9.17) is 26.2 Å². The number of ether oxygens (including phenoxy) is 2. The molecular weight excluding hydrogens is 452 g/mol. The molecule has 2 aliphatic heterocycles. The molecule has 2 atom stereocenters. The fourth-order valence-corrected chi connectivity index (χ4v) is 4.31. The molecule has 0 unspecified atom stereocenters. The van der Waals surface area contributed by atoms with E-state index in [0.29, 0.717) is 5.02 Å². The summed E-state index contributed by atoms with van der Waals surface area (Å²) in [6.07, 6.45) is 0.484. The molecule has 3 aromatic carbocycles. The smallest absolute Gasteiger partial charge is 0.213 e. The van der Waals surface area contributed by atoms with Gasteiger partial charge in [-0.25, -0.2) is 5.01 Å². The van der Waals surface area contributed by atoms with Crippen molar-refractivity contribution in [2.24, 2.45) is 5.10 Å². The second kappa shape index (κ2) is 7.39. The number of halogens is 2. The zero-order chi connectivity index (χ0) is 20.0. The molecule has 0 saturated carbocycles. The number of hydrogen-bond donors (Lipinski definition) is 0. The number of hydrazone groups is 1. The summed E-state index contributed by atoms with van der Waals surface area (Å²) in [5.74, 6) is 1.66. The molecule has 0 saturated heterocycles. The summed E-state index contributed by atoms with van der Waals surface area (Å²) in [5, 5.41) is 7.73. The Labute approximate surface area is 182 Å². The fourth-order valence-electron chi connectivity index (χ4n) is 3.86. The van der Waals surface area contributed by atoms with Gasteiger partial charge in [0.05, 0.1) is 18.9 Å². The molecule has 3 aromatic rings. The third kappa shape index (κ3) is 3.38.